The zero-order valence-electron chi connectivity index (χ0n) is 14.4. The quantitative estimate of drug-likeness (QED) is 0.779. The van der Waals surface area contributed by atoms with E-state index in [0.29, 0.717) is 16.8 Å². The predicted octanol–water partition coefficient (Wildman–Crippen LogP) is 2.05. The summed E-state index contributed by atoms with van der Waals surface area (Å²) in [5.74, 6) is -0.385. The minimum absolute atomic E-state index is 0.134. The summed E-state index contributed by atoms with van der Waals surface area (Å²) in [7, 11) is 1.40. The van der Waals surface area contributed by atoms with Gasteiger partial charge in [-0.3, -0.25) is 9.20 Å². The highest BCUT2D eigenvalue weighted by atomic mass is 19.1. The Morgan fingerprint density at radius 3 is 2.85 bits per heavy atom. The summed E-state index contributed by atoms with van der Waals surface area (Å²) in [6.07, 6.45) is 4.17. The third-order valence-corrected chi connectivity index (χ3v) is 4.74. The molecule has 1 fully saturated rings. The van der Waals surface area contributed by atoms with Crippen LogP contribution in [0.2, 0.25) is 0 Å². The second-order valence-electron chi connectivity index (χ2n) is 6.44. The molecule has 0 radical (unpaired) electrons. The van der Waals surface area contributed by atoms with Crippen LogP contribution in [-0.4, -0.2) is 35.6 Å². The van der Waals surface area contributed by atoms with E-state index in [-0.39, 0.29) is 17.4 Å². The SMILES string of the molecule is COc1ccc(-c2cnc3ccc(N4CC[C@H](N)C4)cn3c2=O)cc1F. The largest absolute Gasteiger partial charge is 0.494 e. The van der Waals surface area contributed by atoms with Crippen LogP contribution >= 0.6 is 0 Å². The lowest BCUT2D eigenvalue weighted by molar-refractivity contribution is 0.386. The maximum atomic E-state index is 14.0. The number of halogens is 1. The maximum absolute atomic E-state index is 14.0. The number of hydrogen-bond donors (Lipinski definition) is 1. The number of hydrogen-bond acceptors (Lipinski definition) is 5. The first-order chi connectivity index (χ1) is 12.6. The van der Waals surface area contributed by atoms with Gasteiger partial charge in [0.15, 0.2) is 11.6 Å². The fraction of sp³-hybridized carbons (Fsp3) is 0.263. The number of benzene rings is 1. The lowest BCUT2D eigenvalue weighted by Crippen LogP contribution is -2.27. The van der Waals surface area contributed by atoms with Crippen molar-refractivity contribution >= 4 is 11.3 Å². The minimum Gasteiger partial charge on any atom is -0.494 e. The van der Waals surface area contributed by atoms with Crippen LogP contribution < -0.4 is 20.9 Å². The van der Waals surface area contributed by atoms with Crippen molar-refractivity contribution in [1.29, 1.82) is 0 Å². The van der Waals surface area contributed by atoms with Crippen LogP contribution in [-0.2, 0) is 0 Å². The first kappa shape index (κ1) is 16.5. The molecule has 0 bridgehead atoms. The van der Waals surface area contributed by atoms with E-state index in [9.17, 15) is 9.18 Å². The molecule has 7 heteroatoms. The topological polar surface area (TPSA) is 72.9 Å². The van der Waals surface area contributed by atoms with Crippen LogP contribution in [0.1, 0.15) is 6.42 Å². The van der Waals surface area contributed by atoms with Crippen LogP contribution in [0.25, 0.3) is 16.8 Å². The van der Waals surface area contributed by atoms with Crippen molar-refractivity contribution in [3.8, 4) is 16.9 Å². The normalized spacial score (nSPS) is 17.0. The molecular formula is C19H19FN4O2. The molecule has 1 aliphatic heterocycles. The Morgan fingerprint density at radius 1 is 1.31 bits per heavy atom. The predicted molar refractivity (Wildman–Crippen MR) is 98.2 cm³/mol. The fourth-order valence-electron chi connectivity index (χ4n) is 3.31. The summed E-state index contributed by atoms with van der Waals surface area (Å²) >= 11 is 0. The minimum atomic E-state index is -0.519. The van der Waals surface area contributed by atoms with Gasteiger partial charge in [0.05, 0.1) is 18.4 Å². The molecule has 1 aromatic carbocycles. The number of aromatic nitrogens is 2. The molecule has 134 valence electrons. The third kappa shape index (κ3) is 2.80. The number of anilines is 1. The lowest BCUT2D eigenvalue weighted by atomic mass is 10.1. The second kappa shape index (κ2) is 6.42. The number of methoxy groups -OCH3 is 1. The zero-order valence-corrected chi connectivity index (χ0v) is 14.4. The summed E-state index contributed by atoms with van der Waals surface area (Å²) in [5.41, 5.74) is 7.99. The van der Waals surface area contributed by atoms with Gasteiger partial charge in [-0.1, -0.05) is 6.07 Å². The number of nitrogens with two attached hydrogens (primary N) is 1. The van der Waals surface area contributed by atoms with Crippen LogP contribution in [0.15, 0.2) is 47.5 Å². The average Bonchev–Trinajstić information content (AvgIpc) is 3.08. The third-order valence-electron chi connectivity index (χ3n) is 4.74. The summed E-state index contributed by atoms with van der Waals surface area (Å²) in [6.45, 7) is 1.62. The highest BCUT2D eigenvalue weighted by Crippen LogP contribution is 2.24. The van der Waals surface area contributed by atoms with Gasteiger partial charge in [0.2, 0.25) is 0 Å². The van der Waals surface area contributed by atoms with Crippen molar-refractivity contribution in [2.45, 2.75) is 12.5 Å². The Balaban J connectivity index is 1.80. The van der Waals surface area contributed by atoms with E-state index >= 15 is 0 Å². The number of fused-ring (bicyclic) bond motifs is 1. The van der Waals surface area contributed by atoms with Gasteiger partial charge < -0.3 is 15.4 Å². The highest BCUT2D eigenvalue weighted by Gasteiger charge is 2.20. The van der Waals surface area contributed by atoms with E-state index in [1.165, 1.54) is 29.8 Å². The smallest absolute Gasteiger partial charge is 0.265 e. The lowest BCUT2D eigenvalue weighted by Gasteiger charge is -2.18. The standard InChI is InChI=1S/C19H19FN4O2/c1-26-17-4-2-12(8-16(17)20)15-9-22-18-5-3-14(11-24(18)19(15)25)23-7-6-13(21)10-23/h2-5,8-9,11,13H,6-7,10,21H2,1H3/t13-/m0/s1. The molecule has 4 rings (SSSR count). The van der Waals surface area contributed by atoms with Crippen molar-refractivity contribution in [1.82, 2.24) is 9.38 Å². The van der Waals surface area contributed by atoms with E-state index in [1.807, 2.05) is 6.07 Å². The number of ether oxygens (including phenoxy) is 1. The van der Waals surface area contributed by atoms with Crippen LogP contribution in [0.4, 0.5) is 10.1 Å². The molecule has 0 amide bonds. The van der Waals surface area contributed by atoms with Gasteiger partial charge in [-0.05, 0) is 36.2 Å². The first-order valence-corrected chi connectivity index (χ1v) is 8.42. The average molecular weight is 354 g/mol. The van der Waals surface area contributed by atoms with Gasteiger partial charge >= 0.3 is 0 Å². The molecule has 0 spiro atoms. The van der Waals surface area contributed by atoms with E-state index in [0.717, 1.165) is 25.2 Å². The van der Waals surface area contributed by atoms with Crippen LogP contribution in [0.5, 0.6) is 5.75 Å². The van der Waals surface area contributed by atoms with Crippen molar-refractivity contribution in [3.05, 3.63) is 58.9 Å². The Hall–Kier alpha value is -2.93. The summed E-state index contributed by atoms with van der Waals surface area (Å²) < 4.78 is 20.4. The zero-order chi connectivity index (χ0) is 18.3. The Labute approximate surface area is 149 Å². The molecule has 0 unspecified atom stereocenters. The van der Waals surface area contributed by atoms with Crippen LogP contribution in [0, 0.1) is 5.82 Å². The second-order valence-corrected chi connectivity index (χ2v) is 6.44. The Bertz CT molecular complexity index is 1030. The molecule has 2 N–H and O–H groups in total. The fourth-order valence-corrected chi connectivity index (χ4v) is 3.31. The number of rotatable bonds is 3. The Morgan fingerprint density at radius 2 is 2.15 bits per heavy atom. The summed E-state index contributed by atoms with van der Waals surface area (Å²) in [4.78, 5) is 19.4. The van der Waals surface area contributed by atoms with Gasteiger partial charge in [-0.2, -0.15) is 0 Å². The molecule has 1 atom stereocenters. The van der Waals surface area contributed by atoms with Gasteiger partial charge in [-0.25, -0.2) is 9.37 Å². The van der Waals surface area contributed by atoms with Crippen molar-refractivity contribution in [2.24, 2.45) is 5.73 Å². The molecule has 2 aromatic heterocycles. The van der Waals surface area contributed by atoms with Crippen molar-refractivity contribution in [3.63, 3.8) is 0 Å². The monoisotopic (exact) mass is 354 g/mol. The molecule has 6 nitrogen and oxygen atoms in total. The van der Waals surface area contributed by atoms with Gasteiger partial charge in [-0.15, -0.1) is 0 Å². The summed E-state index contributed by atoms with van der Waals surface area (Å²) in [5, 5.41) is 0. The van der Waals surface area contributed by atoms with E-state index in [1.54, 1.807) is 18.3 Å². The van der Waals surface area contributed by atoms with E-state index < -0.39 is 5.82 Å². The van der Waals surface area contributed by atoms with Crippen LogP contribution in [0.3, 0.4) is 0 Å². The molecular weight excluding hydrogens is 335 g/mol. The maximum Gasteiger partial charge on any atom is 0.265 e. The van der Waals surface area contributed by atoms with E-state index in [4.69, 9.17) is 10.5 Å². The highest BCUT2D eigenvalue weighted by molar-refractivity contribution is 5.65. The molecule has 26 heavy (non-hydrogen) atoms. The molecule has 3 aromatic rings. The van der Waals surface area contributed by atoms with Gasteiger partial charge in [0, 0.05) is 31.5 Å². The van der Waals surface area contributed by atoms with Gasteiger partial charge in [0.25, 0.3) is 5.56 Å². The number of nitrogens with zero attached hydrogens (tertiary/aromatic N) is 3. The van der Waals surface area contributed by atoms with Crippen molar-refractivity contribution in [2.75, 3.05) is 25.1 Å². The molecule has 1 saturated heterocycles. The van der Waals surface area contributed by atoms with Gasteiger partial charge in [0.1, 0.15) is 5.65 Å². The Kier molecular flexibility index (Phi) is 4.08. The van der Waals surface area contributed by atoms with Crippen molar-refractivity contribution < 1.29 is 9.13 Å². The first-order valence-electron chi connectivity index (χ1n) is 8.42. The molecule has 1 aliphatic rings. The summed E-state index contributed by atoms with van der Waals surface area (Å²) in [6, 6.07) is 8.32. The molecule has 0 saturated carbocycles. The molecule has 0 aliphatic carbocycles. The number of pyridine rings is 1. The molecule has 3 heterocycles. The van der Waals surface area contributed by atoms with E-state index in [2.05, 4.69) is 9.88 Å².